The minimum absolute atomic E-state index is 0.212. The van der Waals surface area contributed by atoms with E-state index in [-0.39, 0.29) is 5.78 Å². The van der Waals surface area contributed by atoms with Gasteiger partial charge in [-0.3, -0.25) is 4.79 Å². The lowest BCUT2D eigenvalue weighted by Crippen LogP contribution is -2.05. The number of thioether (sulfide) groups is 1. The number of ketones is 1. The van der Waals surface area contributed by atoms with Crippen LogP contribution in [0.1, 0.15) is 5.56 Å². The van der Waals surface area contributed by atoms with Crippen LogP contribution in [0.25, 0.3) is 0 Å². The Bertz CT molecular complexity index is 530. The first kappa shape index (κ1) is 13.3. The fourth-order valence-corrected chi connectivity index (χ4v) is 2.84. The van der Waals surface area contributed by atoms with E-state index >= 15 is 0 Å². The second-order valence-electron chi connectivity index (χ2n) is 3.78. The van der Waals surface area contributed by atoms with Crippen LogP contribution in [0, 0.1) is 0 Å². The van der Waals surface area contributed by atoms with E-state index in [4.69, 9.17) is 0 Å². The van der Waals surface area contributed by atoms with Crippen molar-refractivity contribution in [3.05, 3.63) is 58.7 Å². The van der Waals surface area contributed by atoms with Gasteiger partial charge in [0.25, 0.3) is 0 Å². The van der Waals surface area contributed by atoms with Gasteiger partial charge in [-0.15, -0.1) is 0 Å². The van der Waals surface area contributed by atoms with E-state index in [1.54, 1.807) is 6.20 Å². The van der Waals surface area contributed by atoms with Gasteiger partial charge in [0.15, 0.2) is 0 Å². The third-order valence-corrected chi connectivity index (χ3v) is 4.31. The summed E-state index contributed by atoms with van der Waals surface area (Å²) in [6.07, 6.45) is 2.22. The highest BCUT2D eigenvalue weighted by molar-refractivity contribution is 9.10. The van der Waals surface area contributed by atoms with E-state index in [0.29, 0.717) is 12.2 Å². The molecule has 2 nitrogen and oxygen atoms in total. The van der Waals surface area contributed by atoms with Crippen molar-refractivity contribution in [3.8, 4) is 0 Å². The monoisotopic (exact) mass is 321 g/mol. The van der Waals surface area contributed by atoms with Crippen LogP contribution in [0.2, 0.25) is 0 Å². The van der Waals surface area contributed by atoms with Crippen molar-refractivity contribution < 1.29 is 4.79 Å². The highest BCUT2D eigenvalue weighted by Crippen LogP contribution is 2.24. The van der Waals surface area contributed by atoms with Crippen LogP contribution in [-0.4, -0.2) is 16.5 Å². The maximum atomic E-state index is 11.8. The van der Waals surface area contributed by atoms with Crippen LogP contribution < -0.4 is 0 Å². The first-order valence-electron chi connectivity index (χ1n) is 5.54. The molecule has 0 aliphatic carbocycles. The average Bonchev–Trinajstić information content (AvgIpc) is 2.39. The van der Waals surface area contributed by atoms with Gasteiger partial charge in [-0.25, -0.2) is 4.98 Å². The molecule has 1 aromatic heterocycles. The number of carbonyl (C=O) groups excluding carboxylic acids is 1. The van der Waals surface area contributed by atoms with Crippen molar-refractivity contribution in [2.45, 2.75) is 11.4 Å². The number of rotatable bonds is 5. The zero-order valence-electron chi connectivity index (χ0n) is 9.67. The van der Waals surface area contributed by atoms with Crippen molar-refractivity contribution in [1.82, 2.24) is 4.98 Å². The SMILES string of the molecule is O=C(CSc1ncccc1Br)Cc1ccccc1. The molecular formula is C14H12BrNOS. The maximum Gasteiger partial charge on any atom is 0.147 e. The highest BCUT2D eigenvalue weighted by Gasteiger charge is 2.07. The summed E-state index contributed by atoms with van der Waals surface area (Å²) in [6, 6.07) is 13.6. The lowest BCUT2D eigenvalue weighted by molar-refractivity contribution is -0.116. The van der Waals surface area contributed by atoms with E-state index < -0.39 is 0 Å². The Balaban J connectivity index is 1.88. The zero-order valence-corrected chi connectivity index (χ0v) is 12.1. The molecule has 0 bridgehead atoms. The molecule has 0 amide bonds. The van der Waals surface area contributed by atoms with Crippen LogP contribution in [-0.2, 0) is 11.2 Å². The lowest BCUT2D eigenvalue weighted by Gasteiger charge is -2.03. The van der Waals surface area contributed by atoms with Crippen molar-refractivity contribution in [2.24, 2.45) is 0 Å². The van der Waals surface area contributed by atoms with Gasteiger partial charge in [0, 0.05) is 17.1 Å². The lowest BCUT2D eigenvalue weighted by atomic mass is 10.1. The molecule has 0 aliphatic rings. The fourth-order valence-electron chi connectivity index (χ4n) is 1.50. The quantitative estimate of drug-likeness (QED) is 0.786. The van der Waals surface area contributed by atoms with Crippen molar-refractivity contribution in [2.75, 3.05) is 5.75 Å². The summed E-state index contributed by atoms with van der Waals surface area (Å²) in [6.45, 7) is 0. The van der Waals surface area contributed by atoms with Gasteiger partial charge in [-0.05, 0) is 33.6 Å². The number of benzene rings is 1. The van der Waals surface area contributed by atoms with Crippen molar-refractivity contribution in [1.29, 1.82) is 0 Å². The predicted molar refractivity (Wildman–Crippen MR) is 77.8 cm³/mol. The van der Waals surface area contributed by atoms with Crippen LogP contribution in [0.4, 0.5) is 0 Å². The number of hydrogen-bond acceptors (Lipinski definition) is 3. The summed E-state index contributed by atoms with van der Waals surface area (Å²) in [4.78, 5) is 16.1. The largest absolute Gasteiger partial charge is 0.298 e. The van der Waals surface area contributed by atoms with E-state index in [9.17, 15) is 4.79 Å². The van der Waals surface area contributed by atoms with Crippen molar-refractivity contribution >= 4 is 33.5 Å². The molecule has 1 aromatic carbocycles. The van der Waals surface area contributed by atoms with Crippen LogP contribution in [0.5, 0.6) is 0 Å². The predicted octanol–water partition coefficient (Wildman–Crippen LogP) is 3.75. The second kappa shape index (κ2) is 6.71. The molecule has 0 spiro atoms. The first-order chi connectivity index (χ1) is 8.75. The van der Waals surface area contributed by atoms with Gasteiger partial charge in [-0.1, -0.05) is 42.1 Å². The van der Waals surface area contributed by atoms with Crippen LogP contribution in [0.15, 0.2) is 58.2 Å². The molecule has 0 saturated carbocycles. The minimum Gasteiger partial charge on any atom is -0.298 e. The molecule has 92 valence electrons. The van der Waals surface area contributed by atoms with E-state index in [1.165, 1.54) is 11.8 Å². The summed E-state index contributed by atoms with van der Waals surface area (Å²) in [5, 5.41) is 0.860. The number of hydrogen-bond donors (Lipinski definition) is 0. The molecule has 0 aliphatic heterocycles. The molecule has 0 fully saturated rings. The maximum absolute atomic E-state index is 11.8. The number of halogens is 1. The molecule has 0 unspecified atom stereocenters. The summed E-state index contributed by atoms with van der Waals surface area (Å²) in [7, 11) is 0. The van der Waals surface area contributed by atoms with Gasteiger partial charge >= 0.3 is 0 Å². The summed E-state index contributed by atoms with van der Waals surface area (Å²) in [5.74, 6) is 0.661. The van der Waals surface area contributed by atoms with Crippen molar-refractivity contribution in [3.63, 3.8) is 0 Å². The Hall–Kier alpha value is -1.13. The van der Waals surface area contributed by atoms with Gasteiger partial charge in [-0.2, -0.15) is 0 Å². The van der Waals surface area contributed by atoms with E-state index in [0.717, 1.165) is 15.1 Å². The highest BCUT2D eigenvalue weighted by atomic mass is 79.9. The molecule has 4 heteroatoms. The number of carbonyl (C=O) groups is 1. The van der Waals surface area contributed by atoms with Crippen LogP contribution in [0.3, 0.4) is 0 Å². The Morgan fingerprint density at radius 1 is 1.17 bits per heavy atom. The van der Waals surface area contributed by atoms with E-state index in [1.807, 2.05) is 42.5 Å². The molecule has 2 aromatic rings. The number of pyridine rings is 1. The molecule has 0 saturated heterocycles. The Kier molecular flexibility index (Phi) is 4.96. The molecular weight excluding hydrogens is 310 g/mol. The van der Waals surface area contributed by atoms with Gasteiger partial charge in [0.1, 0.15) is 10.8 Å². The zero-order chi connectivity index (χ0) is 12.8. The normalized spacial score (nSPS) is 10.3. The smallest absolute Gasteiger partial charge is 0.147 e. The summed E-state index contributed by atoms with van der Waals surface area (Å²) >= 11 is 4.89. The van der Waals surface area contributed by atoms with Gasteiger partial charge < -0.3 is 0 Å². The Morgan fingerprint density at radius 3 is 2.67 bits per heavy atom. The third kappa shape index (κ3) is 3.96. The molecule has 1 heterocycles. The molecule has 0 radical (unpaired) electrons. The standard InChI is InChI=1S/C14H12BrNOS/c15-13-7-4-8-16-14(13)18-10-12(17)9-11-5-2-1-3-6-11/h1-8H,9-10H2. The molecule has 18 heavy (non-hydrogen) atoms. The van der Waals surface area contributed by atoms with Gasteiger partial charge in [0.2, 0.25) is 0 Å². The third-order valence-electron chi connectivity index (χ3n) is 2.34. The van der Waals surface area contributed by atoms with Crippen LogP contribution >= 0.6 is 27.7 Å². The first-order valence-corrected chi connectivity index (χ1v) is 7.32. The molecule has 0 atom stereocenters. The fraction of sp³-hybridized carbons (Fsp3) is 0.143. The van der Waals surface area contributed by atoms with E-state index in [2.05, 4.69) is 20.9 Å². The Morgan fingerprint density at radius 2 is 1.94 bits per heavy atom. The minimum atomic E-state index is 0.212. The number of nitrogens with zero attached hydrogens (tertiary/aromatic N) is 1. The average molecular weight is 322 g/mol. The number of aromatic nitrogens is 1. The summed E-state index contributed by atoms with van der Waals surface area (Å²) < 4.78 is 0.933. The second-order valence-corrected chi connectivity index (χ2v) is 5.60. The Labute approximate surface area is 119 Å². The summed E-state index contributed by atoms with van der Waals surface area (Å²) in [5.41, 5.74) is 1.06. The molecule has 2 rings (SSSR count). The topological polar surface area (TPSA) is 30.0 Å². The van der Waals surface area contributed by atoms with Gasteiger partial charge in [0.05, 0.1) is 5.75 Å². The molecule has 0 N–H and O–H groups in total. The number of Topliss-reactive ketones (excluding diaryl/α,β-unsaturated/α-hetero) is 1.